The van der Waals surface area contributed by atoms with Gasteiger partial charge in [0.2, 0.25) is 0 Å². The van der Waals surface area contributed by atoms with Crippen molar-refractivity contribution in [2.45, 2.75) is 64.4 Å². The number of nitrogens with zero attached hydrogens (tertiary/aromatic N) is 2. The molecular weight excluding hydrogens is 642 g/mol. The SMILES string of the molecule is CC(C)(C)OC(=O)N1CCC(Oc2ccc(C(=O)NC(COc3cc(C#N)ccc3/C=C/C(=O)[O-])CC(=O)OCc3ccccc3)cc2)CC1. The molecule has 1 heterocycles. The van der Waals surface area contributed by atoms with Crippen LogP contribution in [-0.2, 0) is 25.7 Å². The molecule has 0 saturated carbocycles. The summed E-state index contributed by atoms with van der Waals surface area (Å²) in [6.07, 6.45) is 2.67. The second-order valence-corrected chi connectivity index (χ2v) is 12.7. The zero-order chi connectivity index (χ0) is 36.1. The molecule has 4 rings (SSSR count). The van der Waals surface area contributed by atoms with E-state index in [4.69, 9.17) is 18.9 Å². The van der Waals surface area contributed by atoms with Crippen LogP contribution in [0.15, 0.2) is 78.9 Å². The van der Waals surface area contributed by atoms with Crippen molar-refractivity contribution in [2.24, 2.45) is 0 Å². The monoisotopic (exact) mass is 682 g/mol. The molecule has 1 fully saturated rings. The maximum absolute atomic E-state index is 13.3. The molecule has 12 heteroatoms. The highest BCUT2D eigenvalue weighted by Gasteiger charge is 2.28. The lowest BCUT2D eigenvalue weighted by Crippen LogP contribution is -2.44. The van der Waals surface area contributed by atoms with Gasteiger partial charge in [0, 0.05) is 37.1 Å². The summed E-state index contributed by atoms with van der Waals surface area (Å²) in [4.78, 5) is 51.2. The van der Waals surface area contributed by atoms with Crippen molar-refractivity contribution in [3.8, 4) is 17.6 Å². The highest BCUT2D eigenvalue weighted by molar-refractivity contribution is 5.94. The maximum Gasteiger partial charge on any atom is 0.410 e. The Balaban J connectivity index is 1.39. The summed E-state index contributed by atoms with van der Waals surface area (Å²) in [5.74, 6) is -1.72. The minimum Gasteiger partial charge on any atom is -0.545 e. The first-order chi connectivity index (χ1) is 23.9. The molecule has 3 aromatic carbocycles. The lowest BCUT2D eigenvalue weighted by molar-refractivity contribution is -0.297. The van der Waals surface area contributed by atoms with Crippen LogP contribution in [0.5, 0.6) is 11.5 Å². The van der Waals surface area contributed by atoms with Crippen LogP contribution in [-0.4, -0.2) is 66.3 Å². The fourth-order valence-corrected chi connectivity index (χ4v) is 4.99. The number of carboxylic acids is 1. The standard InChI is InChI=1S/C38H41N3O9/c1-38(2,3)50-37(46)41-19-17-32(18-20-41)49-31-14-11-29(12-15-31)36(45)40-30(22-35(44)48-24-26-7-5-4-6-8-26)25-47-33-21-27(23-39)9-10-28(33)13-16-34(42)43/h4-16,21,30,32H,17-20,22,24-25H2,1-3H3,(H,40,45)(H,42,43)/p-1/b16-13+. The van der Waals surface area contributed by atoms with E-state index < -0.39 is 29.5 Å². The number of hydrogen-bond acceptors (Lipinski definition) is 10. The molecule has 0 aliphatic carbocycles. The highest BCUT2D eigenvalue weighted by Crippen LogP contribution is 2.24. The van der Waals surface area contributed by atoms with Gasteiger partial charge >= 0.3 is 12.1 Å². The fourth-order valence-electron chi connectivity index (χ4n) is 4.99. The van der Waals surface area contributed by atoms with Gasteiger partial charge in [-0.1, -0.05) is 30.3 Å². The summed E-state index contributed by atoms with van der Waals surface area (Å²) in [7, 11) is 0. The van der Waals surface area contributed by atoms with E-state index in [1.54, 1.807) is 29.2 Å². The number of ether oxygens (including phenoxy) is 4. The van der Waals surface area contributed by atoms with Crippen LogP contribution >= 0.6 is 0 Å². The molecule has 262 valence electrons. The summed E-state index contributed by atoms with van der Waals surface area (Å²) >= 11 is 0. The van der Waals surface area contributed by atoms with Crippen LogP contribution < -0.4 is 19.9 Å². The zero-order valence-corrected chi connectivity index (χ0v) is 28.3. The topological polar surface area (TPSA) is 167 Å². The van der Waals surface area contributed by atoms with Gasteiger partial charge in [-0.15, -0.1) is 0 Å². The van der Waals surface area contributed by atoms with Crippen molar-refractivity contribution in [1.82, 2.24) is 10.2 Å². The summed E-state index contributed by atoms with van der Waals surface area (Å²) in [6, 6.07) is 21.3. The number of carboxylic acid groups (broad SMARTS) is 1. The molecule has 1 atom stereocenters. The van der Waals surface area contributed by atoms with Crippen molar-refractivity contribution < 1.29 is 43.2 Å². The third-order valence-corrected chi connectivity index (χ3v) is 7.49. The Kier molecular flexibility index (Phi) is 13.0. The van der Waals surface area contributed by atoms with Crippen LogP contribution in [0.4, 0.5) is 4.79 Å². The number of aliphatic carboxylic acids is 1. The van der Waals surface area contributed by atoms with Crippen LogP contribution in [0.1, 0.15) is 67.1 Å². The van der Waals surface area contributed by atoms with Crippen molar-refractivity contribution in [3.05, 3.63) is 101 Å². The van der Waals surface area contributed by atoms with Crippen molar-refractivity contribution >= 4 is 30.0 Å². The number of benzene rings is 3. The van der Waals surface area contributed by atoms with E-state index in [-0.39, 0.29) is 43.1 Å². The Morgan fingerprint density at radius 1 is 1.02 bits per heavy atom. The minimum atomic E-state index is -1.41. The molecule has 12 nitrogen and oxygen atoms in total. The van der Waals surface area contributed by atoms with Gasteiger partial charge in [0.05, 0.1) is 30.1 Å². The molecule has 0 spiro atoms. The maximum atomic E-state index is 13.3. The molecule has 1 aliphatic heterocycles. The lowest BCUT2D eigenvalue weighted by atomic mass is 10.1. The first kappa shape index (κ1) is 37.0. The fraction of sp³-hybridized carbons (Fsp3) is 0.342. The first-order valence-corrected chi connectivity index (χ1v) is 16.2. The number of amides is 2. The molecule has 2 amide bonds. The number of rotatable bonds is 13. The Hall–Kier alpha value is -5.83. The van der Waals surface area contributed by atoms with Gasteiger partial charge in [0.25, 0.3) is 5.91 Å². The minimum absolute atomic E-state index is 0.0467. The predicted octanol–water partition coefficient (Wildman–Crippen LogP) is 4.41. The molecule has 3 aromatic rings. The van der Waals surface area contributed by atoms with E-state index in [1.807, 2.05) is 57.2 Å². The van der Waals surface area contributed by atoms with E-state index in [9.17, 15) is 29.5 Å². The van der Waals surface area contributed by atoms with E-state index in [0.717, 1.165) is 11.6 Å². The molecule has 0 radical (unpaired) electrons. The van der Waals surface area contributed by atoms with Crippen molar-refractivity contribution in [1.29, 1.82) is 5.26 Å². The lowest BCUT2D eigenvalue weighted by Gasteiger charge is -2.33. The molecule has 1 aliphatic rings. The number of nitriles is 1. The quantitative estimate of drug-likeness (QED) is 0.201. The molecule has 1 unspecified atom stereocenters. The molecule has 0 bridgehead atoms. The summed E-state index contributed by atoms with van der Waals surface area (Å²) in [5, 5.41) is 23.2. The molecule has 1 N–H and O–H groups in total. The number of esters is 1. The second kappa shape index (κ2) is 17.5. The van der Waals surface area contributed by atoms with Gasteiger partial charge in [-0.3, -0.25) is 9.59 Å². The van der Waals surface area contributed by atoms with Gasteiger partial charge in [0.1, 0.15) is 36.4 Å². The first-order valence-electron chi connectivity index (χ1n) is 16.2. The zero-order valence-electron chi connectivity index (χ0n) is 28.3. The Morgan fingerprint density at radius 2 is 1.72 bits per heavy atom. The number of likely N-dealkylation sites (tertiary alicyclic amines) is 1. The Bertz CT molecular complexity index is 1700. The predicted molar refractivity (Wildman–Crippen MR) is 181 cm³/mol. The van der Waals surface area contributed by atoms with Gasteiger partial charge in [-0.25, -0.2) is 4.79 Å². The Labute approximate surface area is 291 Å². The van der Waals surface area contributed by atoms with Gasteiger partial charge in [-0.05, 0) is 81.0 Å². The smallest absolute Gasteiger partial charge is 0.410 e. The number of carbonyl (C=O) groups excluding carboxylic acids is 4. The van der Waals surface area contributed by atoms with Crippen LogP contribution in [0, 0.1) is 11.3 Å². The molecular formula is C38H40N3O9-. The molecule has 1 saturated heterocycles. The third-order valence-electron chi connectivity index (χ3n) is 7.49. The number of nitrogens with one attached hydrogen (secondary N) is 1. The third kappa shape index (κ3) is 12.0. The number of hydrogen-bond donors (Lipinski definition) is 1. The average Bonchev–Trinajstić information content (AvgIpc) is 3.09. The van der Waals surface area contributed by atoms with Crippen LogP contribution in [0.25, 0.3) is 6.08 Å². The largest absolute Gasteiger partial charge is 0.545 e. The van der Waals surface area contributed by atoms with Gasteiger partial charge in [-0.2, -0.15) is 5.26 Å². The van der Waals surface area contributed by atoms with Crippen LogP contribution in [0.3, 0.4) is 0 Å². The van der Waals surface area contributed by atoms with Crippen molar-refractivity contribution in [2.75, 3.05) is 19.7 Å². The number of piperidine rings is 1. The summed E-state index contributed by atoms with van der Waals surface area (Å²) in [6.45, 7) is 6.35. The van der Waals surface area contributed by atoms with Crippen LogP contribution in [0.2, 0.25) is 0 Å². The normalized spacial score (nSPS) is 13.9. The van der Waals surface area contributed by atoms with E-state index in [0.29, 0.717) is 42.8 Å². The molecule has 50 heavy (non-hydrogen) atoms. The van der Waals surface area contributed by atoms with E-state index >= 15 is 0 Å². The Morgan fingerprint density at radius 3 is 2.36 bits per heavy atom. The van der Waals surface area contributed by atoms with Gasteiger partial charge < -0.3 is 39.1 Å². The average molecular weight is 683 g/mol. The highest BCUT2D eigenvalue weighted by atomic mass is 16.6. The summed E-state index contributed by atoms with van der Waals surface area (Å²) in [5.41, 5.74) is 1.17. The molecule has 0 aromatic heterocycles. The second-order valence-electron chi connectivity index (χ2n) is 12.7. The summed E-state index contributed by atoms with van der Waals surface area (Å²) < 4.78 is 22.9. The number of carbonyl (C=O) groups is 4. The van der Waals surface area contributed by atoms with E-state index in [2.05, 4.69) is 5.32 Å². The van der Waals surface area contributed by atoms with E-state index in [1.165, 1.54) is 24.3 Å². The van der Waals surface area contributed by atoms with Crippen molar-refractivity contribution in [3.63, 3.8) is 0 Å². The van der Waals surface area contributed by atoms with Gasteiger partial charge in [0.15, 0.2) is 0 Å².